The van der Waals surface area contributed by atoms with Crippen LogP contribution >= 0.6 is 15.9 Å². The van der Waals surface area contributed by atoms with Crippen molar-refractivity contribution >= 4 is 37.7 Å². The lowest BCUT2D eigenvalue weighted by atomic mass is 10.2. The third-order valence-electron chi connectivity index (χ3n) is 4.94. The van der Waals surface area contributed by atoms with Crippen LogP contribution in [0.25, 0.3) is 0 Å². The van der Waals surface area contributed by atoms with E-state index in [1.165, 1.54) is 9.31 Å². The van der Waals surface area contributed by atoms with E-state index in [0.29, 0.717) is 24.2 Å². The van der Waals surface area contributed by atoms with E-state index in [9.17, 15) is 13.2 Å². The highest BCUT2D eigenvalue weighted by atomic mass is 79.9. The fourth-order valence-corrected chi connectivity index (χ4v) is 5.52. The summed E-state index contributed by atoms with van der Waals surface area (Å²) in [6, 6.07) is 13.7. The molecule has 0 fully saturated rings. The van der Waals surface area contributed by atoms with E-state index in [1.807, 2.05) is 18.7 Å². The standard InChI is InChI=1S/C19H19BrN4O3S/c1-3-22(4-2)19-23(18(25)13-9-11-14(20)12-10-13)21-17-15-7-5-6-8-16(15)28(26,27)24(17)19/h5-12,19H,3-4H2,1-2H3. The van der Waals surface area contributed by atoms with Crippen LogP contribution in [0, 0.1) is 0 Å². The van der Waals surface area contributed by atoms with E-state index >= 15 is 0 Å². The summed E-state index contributed by atoms with van der Waals surface area (Å²) in [6.07, 6.45) is -0.835. The Labute approximate surface area is 172 Å². The Morgan fingerprint density at radius 3 is 2.39 bits per heavy atom. The summed E-state index contributed by atoms with van der Waals surface area (Å²) in [5.41, 5.74) is 0.960. The van der Waals surface area contributed by atoms with Crippen LogP contribution in [0.5, 0.6) is 0 Å². The van der Waals surface area contributed by atoms with Crippen molar-refractivity contribution in [3.8, 4) is 0 Å². The van der Waals surface area contributed by atoms with Crippen molar-refractivity contribution in [2.45, 2.75) is 25.0 Å². The van der Waals surface area contributed by atoms with Gasteiger partial charge in [0.15, 0.2) is 12.1 Å². The van der Waals surface area contributed by atoms with Crippen LogP contribution in [-0.2, 0) is 10.0 Å². The first-order valence-electron chi connectivity index (χ1n) is 8.95. The molecule has 0 saturated carbocycles. The minimum atomic E-state index is -3.79. The van der Waals surface area contributed by atoms with Gasteiger partial charge in [0.2, 0.25) is 0 Å². The number of hydrogen-bond donors (Lipinski definition) is 0. The number of hydrogen-bond acceptors (Lipinski definition) is 5. The Kier molecular flexibility index (Phi) is 4.76. The number of benzene rings is 2. The van der Waals surface area contributed by atoms with E-state index in [0.717, 1.165) is 4.47 Å². The average Bonchev–Trinajstić information content (AvgIpc) is 3.19. The lowest BCUT2D eigenvalue weighted by Gasteiger charge is -2.35. The fraction of sp³-hybridized carbons (Fsp3) is 0.263. The molecule has 2 aromatic rings. The van der Waals surface area contributed by atoms with Crippen molar-refractivity contribution in [1.29, 1.82) is 0 Å². The highest BCUT2D eigenvalue weighted by molar-refractivity contribution is 9.10. The summed E-state index contributed by atoms with van der Waals surface area (Å²) in [6.45, 7) is 4.99. The molecule has 2 aliphatic rings. The number of carbonyl (C=O) groups excluding carboxylic acids is 1. The lowest BCUT2D eigenvalue weighted by Crippen LogP contribution is -2.55. The SMILES string of the molecule is CCN(CC)C1N(C(=O)c2ccc(Br)cc2)N=C2c3ccccc3S(=O)(=O)N21. The normalized spacial score (nSPS) is 19.6. The number of hydrazone groups is 1. The second-order valence-electron chi connectivity index (χ2n) is 6.44. The maximum atomic E-state index is 13.2. The van der Waals surface area contributed by atoms with Gasteiger partial charge >= 0.3 is 0 Å². The number of fused-ring (bicyclic) bond motifs is 3. The van der Waals surface area contributed by atoms with Gasteiger partial charge in [0, 0.05) is 15.6 Å². The average molecular weight is 463 g/mol. The van der Waals surface area contributed by atoms with E-state index in [-0.39, 0.29) is 16.6 Å². The zero-order chi connectivity index (χ0) is 20.1. The third kappa shape index (κ3) is 2.76. The van der Waals surface area contributed by atoms with Gasteiger partial charge in [0.1, 0.15) is 0 Å². The van der Waals surface area contributed by atoms with Crippen LogP contribution < -0.4 is 0 Å². The predicted molar refractivity (Wildman–Crippen MR) is 109 cm³/mol. The first-order valence-corrected chi connectivity index (χ1v) is 11.2. The molecule has 0 bridgehead atoms. The van der Waals surface area contributed by atoms with Crippen LogP contribution in [-0.4, -0.2) is 53.8 Å². The maximum Gasteiger partial charge on any atom is 0.277 e. The molecule has 0 radical (unpaired) electrons. The summed E-state index contributed by atoms with van der Waals surface area (Å²) in [4.78, 5) is 15.3. The number of nitrogens with zero attached hydrogens (tertiary/aromatic N) is 4. The predicted octanol–water partition coefficient (Wildman–Crippen LogP) is 2.90. The van der Waals surface area contributed by atoms with Crippen LogP contribution in [0.4, 0.5) is 0 Å². The van der Waals surface area contributed by atoms with E-state index in [1.54, 1.807) is 48.5 Å². The summed E-state index contributed by atoms with van der Waals surface area (Å²) in [7, 11) is -3.79. The number of sulfonamides is 1. The molecule has 0 spiro atoms. The second-order valence-corrected chi connectivity index (χ2v) is 9.14. The van der Waals surface area contributed by atoms with Gasteiger partial charge in [0.05, 0.1) is 4.90 Å². The first kappa shape index (κ1) is 19.1. The summed E-state index contributed by atoms with van der Waals surface area (Å²) in [5, 5.41) is 5.75. The molecule has 1 atom stereocenters. The first-order chi connectivity index (χ1) is 13.4. The molecule has 7 nitrogen and oxygen atoms in total. The van der Waals surface area contributed by atoms with Gasteiger partial charge in [0.25, 0.3) is 15.9 Å². The highest BCUT2D eigenvalue weighted by Crippen LogP contribution is 2.38. The van der Waals surface area contributed by atoms with Crippen LogP contribution in [0.2, 0.25) is 0 Å². The Bertz CT molecular complexity index is 1060. The molecule has 2 aromatic carbocycles. The Morgan fingerprint density at radius 2 is 1.75 bits per heavy atom. The van der Waals surface area contributed by atoms with Crippen LogP contribution in [0.1, 0.15) is 29.8 Å². The van der Waals surface area contributed by atoms with Crippen molar-refractivity contribution in [2.24, 2.45) is 5.10 Å². The van der Waals surface area contributed by atoms with Crippen molar-refractivity contribution in [2.75, 3.05) is 13.1 Å². The third-order valence-corrected chi connectivity index (χ3v) is 7.26. The van der Waals surface area contributed by atoms with Crippen molar-refractivity contribution in [3.05, 3.63) is 64.1 Å². The zero-order valence-corrected chi connectivity index (χ0v) is 17.8. The number of rotatable bonds is 4. The summed E-state index contributed by atoms with van der Waals surface area (Å²) < 4.78 is 28.6. The van der Waals surface area contributed by atoms with Gasteiger partial charge in [-0.2, -0.15) is 5.01 Å². The van der Waals surface area contributed by atoms with E-state index in [2.05, 4.69) is 21.0 Å². The summed E-state index contributed by atoms with van der Waals surface area (Å²) >= 11 is 3.36. The molecule has 0 saturated heterocycles. The quantitative estimate of drug-likeness (QED) is 0.699. The van der Waals surface area contributed by atoms with Crippen molar-refractivity contribution in [1.82, 2.24) is 14.2 Å². The number of amidine groups is 1. The molecular weight excluding hydrogens is 444 g/mol. The fourth-order valence-electron chi connectivity index (χ4n) is 3.53. The van der Waals surface area contributed by atoms with Crippen molar-refractivity contribution < 1.29 is 13.2 Å². The van der Waals surface area contributed by atoms with Crippen LogP contribution in [0.3, 0.4) is 0 Å². The number of carbonyl (C=O) groups is 1. The van der Waals surface area contributed by atoms with Gasteiger partial charge in [-0.25, -0.2) is 12.7 Å². The zero-order valence-electron chi connectivity index (χ0n) is 15.4. The monoisotopic (exact) mass is 462 g/mol. The maximum absolute atomic E-state index is 13.2. The van der Waals surface area contributed by atoms with Gasteiger partial charge < -0.3 is 0 Å². The van der Waals surface area contributed by atoms with Gasteiger partial charge in [-0.15, -0.1) is 5.10 Å². The summed E-state index contributed by atoms with van der Waals surface area (Å²) in [5.74, 6) is -0.0584. The van der Waals surface area contributed by atoms with Gasteiger partial charge in [-0.05, 0) is 49.5 Å². The minimum Gasteiger partial charge on any atom is -0.267 e. The Balaban J connectivity index is 1.86. The molecule has 2 heterocycles. The molecule has 1 unspecified atom stereocenters. The molecule has 146 valence electrons. The molecule has 28 heavy (non-hydrogen) atoms. The molecule has 0 aromatic heterocycles. The highest BCUT2D eigenvalue weighted by Gasteiger charge is 2.53. The van der Waals surface area contributed by atoms with E-state index < -0.39 is 16.3 Å². The molecule has 1 amide bonds. The minimum absolute atomic E-state index is 0.224. The van der Waals surface area contributed by atoms with Gasteiger partial charge in [-0.3, -0.25) is 9.69 Å². The van der Waals surface area contributed by atoms with Crippen molar-refractivity contribution in [3.63, 3.8) is 0 Å². The molecule has 0 aliphatic carbocycles. The topological polar surface area (TPSA) is 73.3 Å². The number of halogens is 1. The Hall–Kier alpha value is -2.23. The smallest absolute Gasteiger partial charge is 0.267 e. The number of amides is 1. The molecule has 0 N–H and O–H groups in total. The Morgan fingerprint density at radius 1 is 1.11 bits per heavy atom. The molecule has 2 aliphatic heterocycles. The molecule has 9 heteroatoms. The molecular formula is C19H19BrN4O3S. The second kappa shape index (κ2) is 6.98. The lowest BCUT2D eigenvalue weighted by molar-refractivity contribution is 0.0184. The van der Waals surface area contributed by atoms with E-state index in [4.69, 9.17) is 0 Å². The largest absolute Gasteiger partial charge is 0.277 e. The van der Waals surface area contributed by atoms with Gasteiger partial charge in [-0.1, -0.05) is 41.9 Å². The van der Waals surface area contributed by atoms with Crippen LogP contribution in [0.15, 0.2) is 63.0 Å². The molecule has 4 rings (SSSR count).